The minimum atomic E-state index is -0.170. The SMILES string of the molecule is COCc1noc(CNC(=O)N2C[C@@H](CO)[C@H](CC(C)(C)C)C2)n1. The molecule has 1 aromatic heterocycles. The van der Waals surface area contributed by atoms with E-state index in [0.29, 0.717) is 30.7 Å². The van der Waals surface area contributed by atoms with Gasteiger partial charge in [0.15, 0.2) is 5.82 Å². The fourth-order valence-electron chi connectivity index (χ4n) is 3.14. The maximum atomic E-state index is 12.3. The normalized spacial score (nSPS) is 21.3. The van der Waals surface area contributed by atoms with Crippen molar-refractivity contribution >= 4 is 6.03 Å². The van der Waals surface area contributed by atoms with E-state index in [1.165, 1.54) is 0 Å². The molecule has 1 fully saturated rings. The number of aliphatic hydroxyl groups is 1. The predicted molar refractivity (Wildman–Crippen MR) is 87.0 cm³/mol. The van der Waals surface area contributed by atoms with Gasteiger partial charge in [-0.3, -0.25) is 0 Å². The number of aromatic nitrogens is 2. The summed E-state index contributed by atoms with van der Waals surface area (Å²) in [6.45, 7) is 8.32. The highest BCUT2D eigenvalue weighted by Gasteiger charge is 2.36. The van der Waals surface area contributed by atoms with E-state index in [9.17, 15) is 9.90 Å². The van der Waals surface area contributed by atoms with Gasteiger partial charge in [-0.25, -0.2) is 4.79 Å². The Balaban J connectivity index is 1.85. The topological polar surface area (TPSA) is 101 Å². The molecule has 0 aliphatic carbocycles. The molecule has 24 heavy (non-hydrogen) atoms. The second kappa shape index (κ2) is 7.94. The number of amides is 2. The summed E-state index contributed by atoms with van der Waals surface area (Å²) < 4.78 is 9.96. The standard InChI is InChI=1S/C16H28N4O4/c1-16(2,3)5-11-7-20(8-12(11)9-21)15(22)17-6-14-18-13(10-23-4)19-24-14/h11-12,21H,5-10H2,1-4H3,(H,17,22)/t11-,12+/m1/s1. The Labute approximate surface area is 142 Å². The minimum Gasteiger partial charge on any atom is -0.396 e. The molecule has 1 saturated heterocycles. The Hall–Kier alpha value is -1.67. The maximum absolute atomic E-state index is 12.3. The molecule has 0 saturated carbocycles. The van der Waals surface area contributed by atoms with Crippen LogP contribution in [0.2, 0.25) is 0 Å². The molecular formula is C16H28N4O4. The molecule has 1 aliphatic rings. The third-order valence-electron chi connectivity index (χ3n) is 4.15. The number of carbonyl (C=O) groups excluding carboxylic acids is 1. The van der Waals surface area contributed by atoms with Gasteiger partial charge in [0.05, 0.1) is 6.54 Å². The van der Waals surface area contributed by atoms with E-state index in [0.717, 1.165) is 6.42 Å². The van der Waals surface area contributed by atoms with Crippen molar-refractivity contribution in [2.24, 2.45) is 17.3 Å². The number of methoxy groups -OCH3 is 1. The van der Waals surface area contributed by atoms with E-state index in [4.69, 9.17) is 9.26 Å². The first kappa shape index (κ1) is 18.7. The molecule has 0 radical (unpaired) electrons. The molecule has 2 N–H and O–H groups in total. The summed E-state index contributed by atoms with van der Waals surface area (Å²) in [6, 6.07) is -0.170. The van der Waals surface area contributed by atoms with Crippen molar-refractivity contribution in [3.63, 3.8) is 0 Å². The van der Waals surface area contributed by atoms with Crippen LogP contribution in [-0.4, -0.2) is 53.0 Å². The van der Waals surface area contributed by atoms with Crippen LogP contribution in [0.3, 0.4) is 0 Å². The van der Waals surface area contributed by atoms with Gasteiger partial charge in [-0.05, 0) is 17.8 Å². The number of carbonyl (C=O) groups is 1. The minimum absolute atomic E-state index is 0.106. The highest BCUT2D eigenvalue weighted by Crippen LogP contribution is 2.33. The van der Waals surface area contributed by atoms with Crippen LogP contribution in [0.15, 0.2) is 4.52 Å². The van der Waals surface area contributed by atoms with E-state index in [-0.39, 0.29) is 37.1 Å². The fraction of sp³-hybridized carbons (Fsp3) is 0.812. The summed E-state index contributed by atoms with van der Waals surface area (Å²) in [5, 5.41) is 16.1. The lowest BCUT2D eigenvalue weighted by molar-refractivity contribution is 0.174. The number of nitrogens with one attached hydrogen (secondary N) is 1. The number of urea groups is 1. The van der Waals surface area contributed by atoms with E-state index in [2.05, 4.69) is 36.2 Å². The number of hydrogen-bond acceptors (Lipinski definition) is 6. The van der Waals surface area contributed by atoms with Crippen molar-refractivity contribution in [1.82, 2.24) is 20.4 Å². The average Bonchev–Trinajstić information content (AvgIpc) is 3.10. The van der Waals surface area contributed by atoms with Crippen molar-refractivity contribution in [3.05, 3.63) is 11.7 Å². The van der Waals surface area contributed by atoms with Crippen molar-refractivity contribution in [2.75, 3.05) is 26.8 Å². The number of likely N-dealkylation sites (tertiary alicyclic amines) is 1. The van der Waals surface area contributed by atoms with Crippen LogP contribution < -0.4 is 5.32 Å². The van der Waals surface area contributed by atoms with Crippen LogP contribution in [0.4, 0.5) is 4.79 Å². The number of hydrogen-bond donors (Lipinski definition) is 2. The van der Waals surface area contributed by atoms with Gasteiger partial charge in [0, 0.05) is 32.7 Å². The van der Waals surface area contributed by atoms with Gasteiger partial charge in [0.2, 0.25) is 5.89 Å². The Morgan fingerprint density at radius 3 is 2.75 bits per heavy atom. The molecule has 8 nitrogen and oxygen atoms in total. The summed E-state index contributed by atoms with van der Waals surface area (Å²) in [5.74, 6) is 1.25. The summed E-state index contributed by atoms with van der Waals surface area (Å²) in [5.41, 5.74) is 0.173. The van der Waals surface area contributed by atoms with E-state index < -0.39 is 0 Å². The van der Waals surface area contributed by atoms with Gasteiger partial charge < -0.3 is 24.6 Å². The van der Waals surface area contributed by atoms with Gasteiger partial charge in [-0.15, -0.1) is 0 Å². The Morgan fingerprint density at radius 2 is 2.12 bits per heavy atom. The molecule has 2 heterocycles. The molecule has 0 aromatic carbocycles. The molecule has 0 spiro atoms. The number of rotatable bonds is 6. The molecule has 1 aromatic rings. The van der Waals surface area contributed by atoms with Crippen molar-refractivity contribution in [3.8, 4) is 0 Å². The largest absolute Gasteiger partial charge is 0.396 e. The highest BCUT2D eigenvalue weighted by molar-refractivity contribution is 5.74. The molecule has 1 aliphatic heterocycles. The zero-order valence-electron chi connectivity index (χ0n) is 14.9. The number of ether oxygens (including phenoxy) is 1. The van der Waals surface area contributed by atoms with E-state index in [1.54, 1.807) is 12.0 Å². The van der Waals surface area contributed by atoms with Gasteiger partial charge in [0.25, 0.3) is 0 Å². The third kappa shape index (κ3) is 5.17. The molecule has 0 unspecified atom stereocenters. The van der Waals surface area contributed by atoms with Gasteiger partial charge in [0.1, 0.15) is 6.61 Å². The lowest BCUT2D eigenvalue weighted by Gasteiger charge is -2.25. The van der Waals surface area contributed by atoms with Crippen LogP contribution in [0.1, 0.15) is 38.9 Å². The summed E-state index contributed by atoms with van der Waals surface area (Å²) in [4.78, 5) is 18.2. The molecule has 2 atom stereocenters. The van der Waals surface area contributed by atoms with Gasteiger partial charge in [-0.1, -0.05) is 25.9 Å². The average molecular weight is 340 g/mol. The third-order valence-corrected chi connectivity index (χ3v) is 4.15. The number of aliphatic hydroxyl groups excluding tert-OH is 1. The molecule has 2 amide bonds. The lowest BCUT2D eigenvalue weighted by atomic mass is 9.80. The van der Waals surface area contributed by atoms with Gasteiger partial charge >= 0.3 is 6.03 Å². The van der Waals surface area contributed by atoms with Crippen molar-refractivity contribution in [1.29, 1.82) is 0 Å². The van der Waals surface area contributed by atoms with E-state index in [1.807, 2.05) is 0 Å². The number of nitrogens with zero attached hydrogens (tertiary/aromatic N) is 3. The maximum Gasteiger partial charge on any atom is 0.317 e. The quantitative estimate of drug-likeness (QED) is 0.812. The monoisotopic (exact) mass is 340 g/mol. The van der Waals surface area contributed by atoms with Crippen LogP contribution >= 0.6 is 0 Å². The second-order valence-electron chi connectivity index (χ2n) is 7.57. The second-order valence-corrected chi connectivity index (χ2v) is 7.57. The smallest absolute Gasteiger partial charge is 0.317 e. The Bertz CT molecular complexity index is 540. The van der Waals surface area contributed by atoms with Crippen molar-refractivity contribution < 1.29 is 19.2 Å². The first-order valence-corrected chi connectivity index (χ1v) is 8.26. The van der Waals surface area contributed by atoms with Crippen molar-refractivity contribution in [2.45, 2.75) is 40.3 Å². The van der Waals surface area contributed by atoms with Crippen LogP contribution in [0.25, 0.3) is 0 Å². The van der Waals surface area contributed by atoms with Crippen LogP contribution in [-0.2, 0) is 17.9 Å². The summed E-state index contributed by atoms with van der Waals surface area (Å²) >= 11 is 0. The van der Waals surface area contributed by atoms with Gasteiger partial charge in [-0.2, -0.15) is 4.98 Å². The molecule has 0 bridgehead atoms. The molecule has 2 rings (SSSR count). The first-order chi connectivity index (χ1) is 11.3. The molecule has 136 valence electrons. The Kier molecular flexibility index (Phi) is 6.17. The predicted octanol–water partition coefficient (Wildman–Crippen LogP) is 1.40. The summed E-state index contributed by atoms with van der Waals surface area (Å²) in [6.07, 6.45) is 0.978. The fourth-order valence-corrected chi connectivity index (χ4v) is 3.14. The zero-order chi connectivity index (χ0) is 17.7. The van der Waals surface area contributed by atoms with Crippen LogP contribution in [0.5, 0.6) is 0 Å². The van der Waals surface area contributed by atoms with E-state index >= 15 is 0 Å². The lowest BCUT2D eigenvalue weighted by Crippen LogP contribution is -2.38. The summed E-state index contributed by atoms with van der Waals surface area (Å²) in [7, 11) is 1.55. The molecule has 8 heteroatoms. The molecular weight excluding hydrogens is 312 g/mol. The zero-order valence-corrected chi connectivity index (χ0v) is 14.9. The van der Waals surface area contributed by atoms with Crippen LogP contribution in [0, 0.1) is 17.3 Å². The first-order valence-electron chi connectivity index (χ1n) is 8.26. The highest BCUT2D eigenvalue weighted by atomic mass is 16.5. The Morgan fingerprint density at radius 1 is 1.42 bits per heavy atom.